The largest absolute Gasteiger partial charge is 0.378 e. The number of morpholine rings is 1. The Labute approximate surface area is 202 Å². The zero-order valence-electron chi connectivity index (χ0n) is 18.5. The van der Waals surface area contributed by atoms with Crippen LogP contribution in [0.2, 0.25) is 0 Å². The monoisotopic (exact) mass is 483 g/mol. The van der Waals surface area contributed by atoms with E-state index in [0.29, 0.717) is 43.2 Å². The molecule has 4 rings (SSSR count). The smallest absolute Gasteiger partial charge is 0.293 e. The lowest BCUT2D eigenvalue weighted by molar-refractivity contribution is -0.384. The average Bonchev–Trinajstić information content (AvgIpc) is 3.38. The lowest BCUT2D eigenvalue weighted by Crippen LogP contribution is -2.40. The predicted octanol–water partition coefficient (Wildman–Crippen LogP) is 2.79. The lowest BCUT2D eigenvalue weighted by atomic mass is 10.1. The predicted molar refractivity (Wildman–Crippen MR) is 131 cm³/mol. The molecule has 11 heteroatoms. The Morgan fingerprint density at radius 2 is 1.74 bits per heavy atom. The molecule has 2 fully saturated rings. The minimum atomic E-state index is -0.561. The van der Waals surface area contributed by atoms with Gasteiger partial charge in [-0.25, -0.2) is 0 Å². The number of thiocarbonyl (C=S) groups is 1. The van der Waals surface area contributed by atoms with Crippen LogP contribution in [0.15, 0.2) is 42.5 Å². The maximum absolute atomic E-state index is 12.7. The number of benzene rings is 2. The number of anilines is 2. The van der Waals surface area contributed by atoms with Crippen molar-refractivity contribution in [2.45, 2.75) is 12.8 Å². The molecule has 2 amide bonds. The minimum absolute atomic E-state index is 0.0206. The first-order chi connectivity index (χ1) is 16.4. The highest BCUT2D eigenvalue weighted by Gasteiger charge is 2.24. The van der Waals surface area contributed by atoms with E-state index in [-0.39, 0.29) is 22.3 Å². The van der Waals surface area contributed by atoms with Crippen molar-refractivity contribution < 1.29 is 19.2 Å². The van der Waals surface area contributed by atoms with E-state index in [1.54, 1.807) is 41.3 Å². The molecule has 0 atom stereocenters. The summed E-state index contributed by atoms with van der Waals surface area (Å²) in [5.74, 6) is -0.665. The van der Waals surface area contributed by atoms with Crippen LogP contribution in [0.3, 0.4) is 0 Å². The molecule has 2 aromatic carbocycles. The van der Waals surface area contributed by atoms with E-state index in [4.69, 9.17) is 17.0 Å². The number of nitrogens with one attached hydrogen (secondary N) is 2. The van der Waals surface area contributed by atoms with Crippen molar-refractivity contribution in [1.82, 2.24) is 10.2 Å². The zero-order valence-corrected chi connectivity index (χ0v) is 19.3. The first-order valence-corrected chi connectivity index (χ1v) is 11.5. The number of carbonyl (C=O) groups excluding carboxylic acids is 2. The molecule has 2 aliphatic heterocycles. The Hall–Kier alpha value is -3.57. The molecule has 178 valence electrons. The summed E-state index contributed by atoms with van der Waals surface area (Å²) in [4.78, 5) is 40.2. The van der Waals surface area contributed by atoms with Crippen molar-refractivity contribution in [3.8, 4) is 0 Å². The van der Waals surface area contributed by atoms with Crippen LogP contribution in [-0.4, -0.2) is 66.1 Å². The molecule has 2 heterocycles. The molecule has 2 N–H and O–H groups in total. The summed E-state index contributed by atoms with van der Waals surface area (Å²) in [6.45, 7) is 3.61. The molecule has 2 aromatic rings. The van der Waals surface area contributed by atoms with Crippen LogP contribution in [0, 0.1) is 10.1 Å². The summed E-state index contributed by atoms with van der Waals surface area (Å²) in [6.07, 6.45) is 1.97. The molecule has 0 radical (unpaired) electrons. The summed E-state index contributed by atoms with van der Waals surface area (Å²) in [5.41, 5.74) is 1.58. The van der Waals surface area contributed by atoms with Gasteiger partial charge in [-0.05, 0) is 55.4 Å². The van der Waals surface area contributed by atoms with Gasteiger partial charge in [0.25, 0.3) is 17.5 Å². The van der Waals surface area contributed by atoms with Crippen LogP contribution in [0.5, 0.6) is 0 Å². The minimum Gasteiger partial charge on any atom is -0.378 e. The van der Waals surface area contributed by atoms with E-state index in [1.807, 2.05) is 4.90 Å². The van der Waals surface area contributed by atoms with E-state index in [2.05, 4.69) is 10.6 Å². The number of carbonyl (C=O) groups is 2. The Kier molecular flexibility index (Phi) is 7.33. The molecule has 10 nitrogen and oxygen atoms in total. The fourth-order valence-electron chi connectivity index (χ4n) is 4.05. The van der Waals surface area contributed by atoms with Crippen molar-refractivity contribution in [3.63, 3.8) is 0 Å². The highest BCUT2D eigenvalue weighted by Crippen LogP contribution is 2.31. The number of rotatable bonds is 5. The first-order valence-electron chi connectivity index (χ1n) is 11.1. The summed E-state index contributed by atoms with van der Waals surface area (Å²) in [5, 5.41) is 17.1. The third-order valence-corrected chi connectivity index (χ3v) is 5.98. The molecule has 0 aromatic heterocycles. The Bertz CT molecular complexity index is 1110. The average molecular weight is 484 g/mol. The molecule has 2 aliphatic rings. The van der Waals surface area contributed by atoms with Gasteiger partial charge in [-0.2, -0.15) is 0 Å². The van der Waals surface area contributed by atoms with Crippen molar-refractivity contribution in [1.29, 1.82) is 0 Å². The molecule has 0 unspecified atom stereocenters. The van der Waals surface area contributed by atoms with E-state index in [0.717, 1.165) is 25.9 Å². The number of nitrogens with zero attached hydrogens (tertiary/aromatic N) is 3. The number of ether oxygens (including phenoxy) is 1. The van der Waals surface area contributed by atoms with E-state index in [1.165, 1.54) is 6.07 Å². The Morgan fingerprint density at radius 1 is 1.00 bits per heavy atom. The highest BCUT2D eigenvalue weighted by atomic mass is 32.1. The molecule has 34 heavy (non-hydrogen) atoms. The van der Waals surface area contributed by atoms with Crippen LogP contribution >= 0.6 is 12.2 Å². The SMILES string of the molecule is O=C(NC(=S)Nc1cccc(C(=O)N2CCOCC2)c1)c1ccc(N2CCCC2)c([N+](=O)[O-])c1. The van der Waals surface area contributed by atoms with Crippen LogP contribution in [0.1, 0.15) is 33.6 Å². The molecule has 0 spiro atoms. The van der Waals surface area contributed by atoms with E-state index >= 15 is 0 Å². The standard InChI is InChI=1S/C23H25N5O5S/c29-21(16-6-7-19(20(15-16)28(31)32)26-8-1-2-9-26)25-23(34)24-18-5-3-4-17(14-18)22(30)27-10-12-33-13-11-27/h3-7,14-15H,1-2,8-13H2,(H2,24,25,29,34). The second kappa shape index (κ2) is 10.6. The van der Waals surface area contributed by atoms with Gasteiger partial charge >= 0.3 is 0 Å². The highest BCUT2D eigenvalue weighted by molar-refractivity contribution is 7.80. The molecule has 2 saturated heterocycles. The fraction of sp³-hybridized carbons (Fsp3) is 0.348. The van der Waals surface area contributed by atoms with Crippen LogP contribution in [-0.2, 0) is 4.74 Å². The maximum atomic E-state index is 12.7. The summed E-state index contributed by atoms with van der Waals surface area (Å²) in [6, 6.07) is 11.3. The van der Waals surface area contributed by atoms with Gasteiger partial charge < -0.3 is 19.9 Å². The van der Waals surface area contributed by atoms with E-state index < -0.39 is 10.8 Å². The van der Waals surface area contributed by atoms with Gasteiger partial charge in [-0.15, -0.1) is 0 Å². The van der Waals surface area contributed by atoms with Crippen LogP contribution < -0.4 is 15.5 Å². The number of hydrogen-bond donors (Lipinski definition) is 2. The normalized spacial score (nSPS) is 15.6. The second-order valence-corrected chi connectivity index (χ2v) is 8.46. The van der Waals surface area contributed by atoms with Crippen LogP contribution in [0.25, 0.3) is 0 Å². The third kappa shape index (κ3) is 5.49. The van der Waals surface area contributed by atoms with Crippen molar-refractivity contribution in [2.75, 3.05) is 49.6 Å². The van der Waals surface area contributed by atoms with Gasteiger partial charge in [0.15, 0.2) is 5.11 Å². The van der Waals surface area contributed by atoms with Gasteiger partial charge in [-0.3, -0.25) is 25.0 Å². The molecule has 0 saturated carbocycles. The molecule has 0 bridgehead atoms. The maximum Gasteiger partial charge on any atom is 0.293 e. The summed E-state index contributed by atoms with van der Waals surface area (Å²) in [7, 11) is 0. The van der Waals surface area contributed by atoms with Crippen molar-refractivity contribution in [2.24, 2.45) is 0 Å². The number of amides is 2. The lowest BCUT2D eigenvalue weighted by Gasteiger charge is -2.27. The van der Waals surface area contributed by atoms with E-state index in [9.17, 15) is 19.7 Å². The molecular formula is C23H25N5O5S. The van der Waals surface area contributed by atoms with Crippen molar-refractivity contribution >= 4 is 46.2 Å². The fourth-order valence-corrected chi connectivity index (χ4v) is 4.26. The van der Waals surface area contributed by atoms with Gasteiger partial charge in [0.2, 0.25) is 0 Å². The topological polar surface area (TPSA) is 117 Å². The number of nitro groups is 1. The van der Waals surface area contributed by atoms with Crippen molar-refractivity contribution in [3.05, 3.63) is 63.7 Å². The number of nitro benzene ring substituents is 1. The Balaban J connectivity index is 1.41. The summed E-state index contributed by atoms with van der Waals surface area (Å²) < 4.78 is 5.29. The van der Waals surface area contributed by atoms with Gasteiger partial charge in [-0.1, -0.05) is 6.07 Å². The quantitative estimate of drug-likeness (QED) is 0.379. The summed E-state index contributed by atoms with van der Waals surface area (Å²) >= 11 is 5.25. The third-order valence-electron chi connectivity index (χ3n) is 5.77. The van der Waals surface area contributed by atoms with Gasteiger partial charge in [0, 0.05) is 49.1 Å². The second-order valence-electron chi connectivity index (χ2n) is 8.05. The van der Waals surface area contributed by atoms with Gasteiger partial charge in [0.1, 0.15) is 5.69 Å². The zero-order chi connectivity index (χ0) is 24.1. The Morgan fingerprint density at radius 3 is 2.44 bits per heavy atom. The molecular weight excluding hydrogens is 458 g/mol. The number of hydrogen-bond acceptors (Lipinski definition) is 7. The first kappa shape index (κ1) is 23.6. The molecule has 0 aliphatic carbocycles. The van der Waals surface area contributed by atoms with Crippen LogP contribution in [0.4, 0.5) is 17.1 Å². The van der Waals surface area contributed by atoms with Gasteiger partial charge in [0.05, 0.1) is 18.1 Å².